The van der Waals surface area contributed by atoms with Gasteiger partial charge in [0.25, 0.3) is 11.8 Å². The fourth-order valence-corrected chi connectivity index (χ4v) is 1.24. The fraction of sp³-hybridized carbons (Fsp3) is 0.273. The van der Waals surface area contributed by atoms with Crippen LogP contribution < -0.4 is 0 Å². The summed E-state index contributed by atoms with van der Waals surface area (Å²) in [4.78, 5) is 23.8. The Morgan fingerprint density at radius 3 is 2.36 bits per heavy atom. The molecule has 2 amide bonds. The zero-order valence-corrected chi connectivity index (χ0v) is 8.36. The van der Waals surface area contributed by atoms with Gasteiger partial charge in [0.2, 0.25) is 0 Å². The molecule has 0 aromatic rings. The van der Waals surface area contributed by atoms with Crippen LogP contribution in [0.5, 0.6) is 0 Å². The summed E-state index contributed by atoms with van der Waals surface area (Å²) in [5.74, 6) is -0.514. The lowest BCUT2D eigenvalue weighted by Crippen LogP contribution is -2.28. The number of carbonyl (C=O) groups is 2. The van der Waals surface area contributed by atoms with Crippen LogP contribution in [0, 0.1) is 0 Å². The van der Waals surface area contributed by atoms with Gasteiger partial charge in [-0.05, 0) is 19.4 Å². The molecule has 1 aliphatic rings. The highest BCUT2D eigenvalue weighted by Gasteiger charge is 2.25. The Bertz CT molecular complexity index is 319. The molecule has 0 unspecified atom stereocenters. The average Bonchev–Trinajstić information content (AvgIpc) is 2.50. The first-order chi connectivity index (χ1) is 6.70. The van der Waals surface area contributed by atoms with E-state index in [4.69, 9.17) is 0 Å². The number of imide groups is 1. The van der Waals surface area contributed by atoms with E-state index in [9.17, 15) is 9.59 Å². The first kappa shape index (κ1) is 10.4. The molecule has 3 heteroatoms. The smallest absolute Gasteiger partial charge is 0.257 e. The van der Waals surface area contributed by atoms with Crippen molar-refractivity contribution in [1.82, 2.24) is 4.90 Å². The van der Waals surface area contributed by atoms with Crippen molar-refractivity contribution in [2.45, 2.75) is 20.3 Å². The quantitative estimate of drug-likeness (QED) is 0.503. The molecule has 0 saturated heterocycles. The van der Waals surface area contributed by atoms with Gasteiger partial charge in [-0.3, -0.25) is 9.59 Å². The third-order valence-electron chi connectivity index (χ3n) is 1.94. The minimum atomic E-state index is -0.257. The lowest BCUT2D eigenvalue weighted by atomic mass is 10.2. The molecule has 0 saturated carbocycles. The van der Waals surface area contributed by atoms with Crippen molar-refractivity contribution in [3.8, 4) is 0 Å². The van der Waals surface area contributed by atoms with Crippen LogP contribution in [-0.2, 0) is 9.59 Å². The minimum absolute atomic E-state index is 0.257. The van der Waals surface area contributed by atoms with Crippen LogP contribution >= 0.6 is 0 Å². The van der Waals surface area contributed by atoms with Crippen molar-refractivity contribution in [3.05, 3.63) is 36.1 Å². The molecular weight excluding hydrogens is 178 g/mol. The number of allylic oxidation sites excluding steroid dienone is 4. The molecule has 0 aromatic carbocycles. The normalized spacial score (nSPS) is 17.6. The maximum Gasteiger partial charge on any atom is 0.257 e. The van der Waals surface area contributed by atoms with Crippen LogP contribution in [0.1, 0.15) is 20.3 Å². The van der Waals surface area contributed by atoms with Crippen LogP contribution in [0.4, 0.5) is 0 Å². The van der Waals surface area contributed by atoms with Crippen molar-refractivity contribution in [3.63, 3.8) is 0 Å². The summed E-state index contributed by atoms with van der Waals surface area (Å²) < 4.78 is 0. The number of rotatable bonds is 3. The van der Waals surface area contributed by atoms with Gasteiger partial charge in [-0.1, -0.05) is 19.1 Å². The van der Waals surface area contributed by atoms with Crippen LogP contribution in [-0.4, -0.2) is 16.7 Å². The summed E-state index contributed by atoms with van der Waals surface area (Å²) in [6, 6.07) is 0. The van der Waals surface area contributed by atoms with E-state index in [-0.39, 0.29) is 11.8 Å². The average molecular weight is 191 g/mol. The summed E-state index contributed by atoms with van der Waals surface area (Å²) in [5.41, 5.74) is 0.725. The first-order valence-corrected chi connectivity index (χ1v) is 4.58. The van der Waals surface area contributed by atoms with Crippen LogP contribution in [0.25, 0.3) is 0 Å². The van der Waals surface area contributed by atoms with Crippen molar-refractivity contribution in [1.29, 1.82) is 0 Å². The molecule has 0 radical (unpaired) electrons. The van der Waals surface area contributed by atoms with Gasteiger partial charge in [0.1, 0.15) is 0 Å². The molecule has 3 nitrogen and oxygen atoms in total. The van der Waals surface area contributed by atoms with Crippen LogP contribution in [0.2, 0.25) is 0 Å². The largest absolute Gasteiger partial charge is 0.269 e. The Labute approximate surface area is 83.4 Å². The van der Waals surface area contributed by atoms with Crippen LogP contribution in [0.3, 0.4) is 0 Å². The standard InChI is InChI=1S/C11H13NO2/c1-3-5-6-9(4-2)12-10(13)7-8-11(12)14/h3,5-8H,4H2,1-2H3/b5-3-,9-6+. The highest BCUT2D eigenvalue weighted by atomic mass is 16.2. The monoisotopic (exact) mass is 191 g/mol. The Morgan fingerprint density at radius 1 is 1.36 bits per heavy atom. The van der Waals surface area contributed by atoms with Crippen molar-refractivity contribution in [2.75, 3.05) is 0 Å². The number of hydrogen-bond acceptors (Lipinski definition) is 2. The topological polar surface area (TPSA) is 37.4 Å². The number of nitrogens with zero attached hydrogens (tertiary/aromatic N) is 1. The minimum Gasteiger partial charge on any atom is -0.269 e. The molecule has 0 aromatic heterocycles. The summed E-state index contributed by atoms with van der Waals surface area (Å²) >= 11 is 0. The van der Waals surface area contributed by atoms with E-state index in [0.717, 1.165) is 5.70 Å². The lowest BCUT2D eigenvalue weighted by Gasteiger charge is -2.15. The lowest BCUT2D eigenvalue weighted by molar-refractivity contribution is -0.134. The van der Waals surface area contributed by atoms with Crippen molar-refractivity contribution >= 4 is 11.8 Å². The molecule has 1 rings (SSSR count). The summed E-state index contributed by atoms with van der Waals surface area (Å²) in [5, 5.41) is 0. The van der Waals surface area contributed by atoms with E-state index in [0.29, 0.717) is 6.42 Å². The molecule has 0 atom stereocenters. The van der Waals surface area contributed by atoms with Gasteiger partial charge in [-0.2, -0.15) is 0 Å². The molecule has 1 aliphatic heterocycles. The van der Waals surface area contributed by atoms with E-state index < -0.39 is 0 Å². The van der Waals surface area contributed by atoms with Crippen molar-refractivity contribution in [2.24, 2.45) is 0 Å². The maximum absolute atomic E-state index is 11.3. The Kier molecular flexibility index (Phi) is 3.40. The molecule has 0 aliphatic carbocycles. The molecule has 0 bridgehead atoms. The van der Waals surface area contributed by atoms with Gasteiger partial charge < -0.3 is 0 Å². The molecule has 14 heavy (non-hydrogen) atoms. The molecule has 0 spiro atoms. The highest BCUT2D eigenvalue weighted by Crippen LogP contribution is 2.15. The summed E-state index contributed by atoms with van der Waals surface area (Å²) in [6.07, 6.45) is 8.70. The summed E-state index contributed by atoms with van der Waals surface area (Å²) in [7, 11) is 0. The predicted molar refractivity (Wildman–Crippen MR) is 54.2 cm³/mol. The third kappa shape index (κ3) is 1.99. The van der Waals surface area contributed by atoms with Crippen LogP contribution in [0.15, 0.2) is 36.1 Å². The first-order valence-electron chi connectivity index (χ1n) is 4.58. The van der Waals surface area contributed by atoms with Gasteiger partial charge in [0.05, 0.1) is 0 Å². The van der Waals surface area contributed by atoms with Gasteiger partial charge in [0, 0.05) is 17.8 Å². The number of carbonyl (C=O) groups excluding carboxylic acids is 2. The van der Waals surface area contributed by atoms with Gasteiger partial charge in [-0.15, -0.1) is 0 Å². The molecular formula is C11H13NO2. The second-order valence-electron chi connectivity index (χ2n) is 2.88. The van der Waals surface area contributed by atoms with E-state index in [2.05, 4.69) is 0 Å². The second kappa shape index (κ2) is 4.56. The van der Waals surface area contributed by atoms with E-state index in [1.807, 2.05) is 26.0 Å². The fourth-order valence-electron chi connectivity index (χ4n) is 1.24. The zero-order chi connectivity index (χ0) is 10.6. The number of hydrogen-bond donors (Lipinski definition) is 0. The van der Waals surface area contributed by atoms with E-state index in [1.54, 1.807) is 6.08 Å². The Balaban J connectivity index is 2.90. The second-order valence-corrected chi connectivity index (χ2v) is 2.88. The third-order valence-corrected chi connectivity index (χ3v) is 1.94. The van der Waals surface area contributed by atoms with E-state index >= 15 is 0 Å². The van der Waals surface area contributed by atoms with Crippen molar-refractivity contribution < 1.29 is 9.59 Å². The molecule has 0 N–H and O–H groups in total. The zero-order valence-electron chi connectivity index (χ0n) is 8.36. The number of amides is 2. The van der Waals surface area contributed by atoms with Gasteiger partial charge in [-0.25, -0.2) is 4.90 Å². The Hall–Kier alpha value is -1.64. The molecule has 1 heterocycles. The van der Waals surface area contributed by atoms with Gasteiger partial charge >= 0.3 is 0 Å². The predicted octanol–water partition coefficient (Wildman–Crippen LogP) is 1.78. The highest BCUT2D eigenvalue weighted by molar-refractivity contribution is 6.14. The summed E-state index contributed by atoms with van der Waals surface area (Å²) in [6.45, 7) is 3.80. The Morgan fingerprint density at radius 2 is 1.93 bits per heavy atom. The maximum atomic E-state index is 11.3. The SMILES string of the molecule is C/C=C\C=C(/CC)N1C(=O)C=CC1=O. The van der Waals surface area contributed by atoms with Gasteiger partial charge in [0.15, 0.2) is 0 Å². The van der Waals surface area contributed by atoms with E-state index in [1.165, 1.54) is 17.1 Å². The molecule has 0 fully saturated rings. The molecule has 74 valence electrons.